The first-order valence-electron chi connectivity index (χ1n) is 6.22. The van der Waals surface area contributed by atoms with Crippen LogP contribution >= 0.6 is 0 Å². The molecular weight excluding hydrogens is 244 g/mol. The zero-order valence-electron chi connectivity index (χ0n) is 11.9. The topological polar surface area (TPSA) is 93.0 Å². The van der Waals surface area contributed by atoms with Gasteiger partial charge >= 0.3 is 6.09 Å². The zero-order chi connectivity index (χ0) is 14.5. The number of alkyl carbamates (subject to hydrolysis) is 1. The fraction of sp³-hybridized carbons (Fsp3) is 0.538. The normalized spacial score (nSPS) is 11.8. The van der Waals surface area contributed by atoms with Gasteiger partial charge in [-0.05, 0) is 27.7 Å². The summed E-state index contributed by atoms with van der Waals surface area (Å²) in [5.74, 6) is 0.801. The maximum atomic E-state index is 11.7. The highest BCUT2D eigenvalue weighted by atomic mass is 16.6. The molecule has 0 radical (unpaired) electrons. The number of nitrogens with two attached hydrogens (primary N) is 1. The molecule has 6 nitrogen and oxygen atoms in total. The number of carbonyl (C=O) groups excluding carboxylic acids is 1. The van der Waals surface area contributed by atoms with E-state index < -0.39 is 11.7 Å². The molecule has 4 N–H and O–H groups in total. The summed E-state index contributed by atoms with van der Waals surface area (Å²) in [5, 5.41) is 2.63. The van der Waals surface area contributed by atoms with E-state index in [9.17, 15) is 4.79 Å². The van der Waals surface area contributed by atoms with E-state index in [4.69, 9.17) is 10.5 Å². The summed E-state index contributed by atoms with van der Waals surface area (Å²) in [6, 6.07) is 0. The molecule has 1 heterocycles. The number of hydrogen-bond donors (Lipinski definition) is 3. The predicted molar refractivity (Wildman–Crippen MR) is 73.8 cm³/mol. The van der Waals surface area contributed by atoms with Crippen LogP contribution < -0.4 is 11.1 Å². The van der Waals surface area contributed by atoms with Crippen LogP contribution in [0.3, 0.4) is 0 Å². The first kappa shape index (κ1) is 15.2. The van der Waals surface area contributed by atoms with Gasteiger partial charge in [0.1, 0.15) is 11.5 Å². The smallest absolute Gasteiger partial charge is 0.408 e. The molecule has 0 aliphatic heterocycles. The molecule has 0 aliphatic carbocycles. The third-order valence-corrected chi connectivity index (χ3v) is 2.59. The summed E-state index contributed by atoms with van der Waals surface area (Å²) in [7, 11) is 0. The average Bonchev–Trinajstić information content (AvgIpc) is 2.64. The van der Waals surface area contributed by atoms with E-state index >= 15 is 0 Å². The molecule has 0 bridgehead atoms. The Morgan fingerprint density at radius 1 is 1.47 bits per heavy atom. The standard InChI is InChI=1S/C13H22N4O2/c1-9-11(17-10(2)16-9)13(3,4)19-12(18)15-8-6-5-7-14/h5-6H,7-8,14H2,1-4H3,(H,15,18)(H,16,17). The number of aromatic amines is 1. The average molecular weight is 266 g/mol. The molecule has 6 heteroatoms. The van der Waals surface area contributed by atoms with E-state index in [1.807, 2.05) is 27.7 Å². The van der Waals surface area contributed by atoms with Gasteiger partial charge in [0.2, 0.25) is 0 Å². The highest BCUT2D eigenvalue weighted by Gasteiger charge is 2.29. The van der Waals surface area contributed by atoms with Crippen LogP contribution in [0.4, 0.5) is 4.79 Å². The van der Waals surface area contributed by atoms with Gasteiger partial charge in [-0.15, -0.1) is 0 Å². The molecule has 0 unspecified atom stereocenters. The number of nitrogens with one attached hydrogen (secondary N) is 2. The van der Waals surface area contributed by atoms with Crippen LogP contribution in [0.2, 0.25) is 0 Å². The molecule has 0 aliphatic rings. The maximum absolute atomic E-state index is 11.7. The Labute approximate surface area is 113 Å². The lowest BCUT2D eigenvalue weighted by Gasteiger charge is -2.24. The molecule has 19 heavy (non-hydrogen) atoms. The van der Waals surface area contributed by atoms with E-state index in [1.54, 1.807) is 12.2 Å². The van der Waals surface area contributed by atoms with Gasteiger partial charge in [-0.1, -0.05) is 12.2 Å². The second-order valence-corrected chi connectivity index (χ2v) is 4.78. The van der Waals surface area contributed by atoms with Gasteiger partial charge in [-0.2, -0.15) is 0 Å². The summed E-state index contributed by atoms with van der Waals surface area (Å²) in [4.78, 5) is 19.1. The second kappa shape index (κ2) is 6.38. The van der Waals surface area contributed by atoms with Crippen molar-refractivity contribution in [2.75, 3.05) is 13.1 Å². The second-order valence-electron chi connectivity index (χ2n) is 4.78. The lowest BCUT2D eigenvalue weighted by molar-refractivity contribution is 0.0337. The van der Waals surface area contributed by atoms with Gasteiger partial charge in [0.25, 0.3) is 0 Å². The molecule has 1 amide bonds. The SMILES string of the molecule is Cc1nc(C(C)(C)OC(=O)NCC=CCN)c(C)[nH]1. The van der Waals surface area contributed by atoms with Crippen LogP contribution in [0.25, 0.3) is 0 Å². The van der Waals surface area contributed by atoms with Crippen LogP contribution in [0.1, 0.15) is 31.1 Å². The minimum atomic E-state index is -0.781. The third kappa shape index (κ3) is 4.40. The monoisotopic (exact) mass is 266 g/mol. The highest BCUT2D eigenvalue weighted by molar-refractivity contribution is 5.68. The molecule has 0 saturated heterocycles. The van der Waals surface area contributed by atoms with Gasteiger partial charge in [-0.3, -0.25) is 0 Å². The van der Waals surface area contributed by atoms with Gasteiger partial charge in [0, 0.05) is 18.8 Å². The maximum Gasteiger partial charge on any atom is 0.408 e. The fourth-order valence-corrected chi connectivity index (χ4v) is 1.83. The molecule has 0 atom stereocenters. The number of imidazole rings is 1. The zero-order valence-corrected chi connectivity index (χ0v) is 11.9. The lowest BCUT2D eigenvalue weighted by atomic mass is 10.0. The summed E-state index contributed by atoms with van der Waals surface area (Å²) < 4.78 is 5.40. The minimum absolute atomic E-state index is 0.394. The number of carbonyl (C=O) groups is 1. The van der Waals surface area contributed by atoms with Gasteiger partial charge in [-0.25, -0.2) is 9.78 Å². The first-order valence-corrected chi connectivity index (χ1v) is 6.22. The van der Waals surface area contributed by atoms with Gasteiger partial charge in [0.05, 0.1) is 0 Å². The Bertz CT molecular complexity index is 463. The van der Waals surface area contributed by atoms with Crippen molar-refractivity contribution in [3.63, 3.8) is 0 Å². The molecule has 106 valence electrons. The van der Waals surface area contributed by atoms with Crippen LogP contribution in [-0.4, -0.2) is 29.2 Å². The molecule has 0 fully saturated rings. The van der Waals surface area contributed by atoms with Crippen molar-refractivity contribution >= 4 is 6.09 Å². The summed E-state index contributed by atoms with van der Waals surface area (Å²) in [5.41, 5.74) is 6.15. The summed E-state index contributed by atoms with van der Waals surface area (Å²) in [6.07, 6.45) is 3.07. The number of aryl methyl sites for hydroxylation is 2. The first-order chi connectivity index (χ1) is 8.86. The fourth-order valence-electron chi connectivity index (χ4n) is 1.83. The van der Waals surface area contributed by atoms with Crippen LogP contribution in [-0.2, 0) is 10.3 Å². The van der Waals surface area contributed by atoms with Crippen molar-refractivity contribution < 1.29 is 9.53 Å². The largest absolute Gasteiger partial charge is 0.437 e. The van der Waals surface area contributed by atoms with Crippen molar-refractivity contribution in [2.24, 2.45) is 5.73 Å². The number of nitrogens with zero attached hydrogens (tertiary/aromatic N) is 1. The van der Waals surface area contributed by atoms with Crippen molar-refractivity contribution in [2.45, 2.75) is 33.3 Å². The van der Waals surface area contributed by atoms with Crippen molar-refractivity contribution in [3.05, 3.63) is 29.4 Å². The summed E-state index contributed by atoms with van der Waals surface area (Å²) in [6.45, 7) is 8.24. The molecule has 0 saturated carbocycles. The van der Waals surface area contributed by atoms with Gasteiger partial charge in [0.15, 0.2) is 5.60 Å². The Morgan fingerprint density at radius 2 is 2.16 bits per heavy atom. The molecular formula is C13H22N4O2. The van der Waals surface area contributed by atoms with Crippen molar-refractivity contribution in [1.82, 2.24) is 15.3 Å². The number of ether oxygens (including phenoxy) is 1. The number of amides is 1. The molecule has 1 aromatic heterocycles. The Hall–Kier alpha value is -1.82. The van der Waals surface area contributed by atoms with E-state index in [0.29, 0.717) is 13.1 Å². The van der Waals surface area contributed by atoms with Crippen LogP contribution in [0, 0.1) is 13.8 Å². The molecule has 0 spiro atoms. The number of rotatable bonds is 5. The number of hydrogen-bond acceptors (Lipinski definition) is 4. The number of H-pyrrole nitrogens is 1. The van der Waals surface area contributed by atoms with Crippen molar-refractivity contribution in [3.8, 4) is 0 Å². The van der Waals surface area contributed by atoms with Crippen molar-refractivity contribution in [1.29, 1.82) is 0 Å². The van der Waals surface area contributed by atoms with E-state index in [0.717, 1.165) is 17.2 Å². The highest BCUT2D eigenvalue weighted by Crippen LogP contribution is 2.25. The Balaban J connectivity index is 2.61. The Kier molecular flexibility index (Phi) is 5.11. The van der Waals surface area contributed by atoms with E-state index in [2.05, 4.69) is 15.3 Å². The quantitative estimate of drug-likeness (QED) is 0.704. The minimum Gasteiger partial charge on any atom is -0.437 e. The molecule has 0 aromatic carbocycles. The van der Waals surface area contributed by atoms with E-state index in [-0.39, 0.29) is 0 Å². The Morgan fingerprint density at radius 3 is 2.68 bits per heavy atom. The van der Waals surface area contributed by atoms with Crippen LogP contribution in [0.5, 0.6) is 0 Å². The predicted octanol–water partition coefficient (Wildman–Crippen LogP) is 1.50. The summed E-state index contributed by atoms with van der Waals surface area (Å²) >= 11 is 0. The van der Waals surface area contributed by atoms with E-state index in [1.165, 1.54) is 0 Å². The lowest BCUT2D eigenvalue weighted by Crippen LogP contribution is -2.33. The van der Waals surface area contributed by atoms with Gasteiger partial charge < -0.3 is 20.8 Å². The molecule has 1 rings (SSSR count). The van der Waals surface area contributed by atoms with Crippen LogP contribution in [0.15, 0.2) is 12.2 Å². The third-order valence-electron chi connectivity index (χ3n) is 2.59. The number of aromatic nitrogens is 2. The molecule has 1 aromatic rings.